The van der Waals surface area contributed by atoms with Gasteiger partial charge in [0.05, 0.1) is 56.2 Å². The van der Waals surface area contributed by atoms with Crippen LogP contribution in [0.5, 0.6) is 5.75 Å². The van der Waals surface area contributed by atoms with E-state index in [1.807, 2.05) is 18.2 Å². The second kappa shape index (κ2) is 9.40. The fraction of sp³-hybridized carbons (Fsp3) is 0.417. The topological polar surface area (TPSA) is 116 Å². The summed E-state index contributed by atoms with van der Waals surface area (Å²) >= 11 is 0. The van der Waals surface area contributed by atoms with Crippen LogP contribution in [0.2, 0.25) is 0 Å². The molecule has 10 nitrogen and oxygen atoms in total. The van der Waals surface area contributed by atoms with Gasteiger partial charge >= 0.3 is 0 Å². The Balaban J connectivity index is 1.63. The molecule has 2 saturated heterocycles. The second-order valence-electron chi connectivity index (χ2n) is 8.41. The number of hydrogen-bond acceptors (Lipinski definition) is 9. The van der Waals surface area contributed by atoms with Crippen molar-refractivity contribution in [1.29, 1.82) is 0 Å². The number of fused-ring (bicyclic) bond motifs is 1. The fourth-order valence-corrected chi connectivity index (χ4v) is 4.37. The largest absolute Gasteiger partial charge is 0.496 e. The van der Waals surface area contributed by atoms with E-state index in [2.05, 4.69) is 16.7 Å². The van der Waals surface area contributed by atoms with Gasteiger partial charge in [0.2, 0.25) is 5.95 Å². The van der Waals surface area contributed by atoms with E-state index in [1.54, 1.807) is 12.1 Å². The van der Waals surface area contributed by atoms with Gasteiger partial charge in [-0.1, -0.05) is 0 Å². The molecule has 2 aromatic heterocycles. The zero-order valence-corrected chi connectivity index (χ0v) is 19.4. The number of carbonyl (C=O) groups excluding carboxylic acids is 1. The molecule has 178 valence electrons. The Kier molecular flexibility index (Phi) is 6.16. The molecule has 0 radical (unpaired) electrons. The van der Waals surface area contributed by atoms with Crippen LogP contribution >= 0.6 is 0 Å². The molecule has 1 unspecified atom stereocenters. The van der Waals surface area contributed by atoms with Crippen molar-refractivity contribution in [3.05, 3.63) is 35.9 Å². The van der Waals surface area contributed by atoms with Crippen molar-refractivity contribution in [3.8, 4) is 17.0 Å². The lowest BCUT2D eigenvalue weighted by atomic mass is 10.1. The molecule has 0 spiro atoms. The summed E-state index contributed by atoms with van der Waals surface area (Å²) in [7, 11) is 1.51. The van der Waals surface area contributed by atoms with E-state index in [9.17, 15) is 4.79 Å². The van der Waals surface area contributed by atoms with Crippen LogP contribution in [0.25, 0.3) is 22.3 Å². The van der Waals surface area contributed by atoms with Gasteiger partial charge in [0, 0.05) is 25.2 Å². The number of ether oxygens (including phenoxy) is 3. The predicted octanol–water partition coefficient (Wildman–Crippen LogP) is 1.86. The quantitative estimate of drug-likeness (QED) is 0.604. The van der Waals surface area contributed by atoms with Crippen molar-refractivity contribution in [2.75, 3.05) is 63.0 Å². The highest BCUT2D eigenvalue weighted by molar-refractivity contribution is 5.97. The molecule has 5 rings (SSSR count). The Labute approximate surface area is 197 Å². The Morgan fingerprint density at radius 3 is 2.59 bits per heavy atom. The van der Waals surface area contributed by atoms with E-state index >= 15 is 0 Å². The van der Waals surface area contributed by atoms with Gasteiger partial charge in [0.1, 0.15) is 11.6 Å². The number of morpholine rings is 2. The zero-order chi connectivity index (χ0) is 23.7. The van der Waals surface area contributed by atoms with Crippen molar-refractivity contribution < 1.29 is 19.0 Å². The average Bonchev–Trinajstić information content (AvgIpc) is 2.88. The van der Waals surface area contributed by atoms with Crippen molar-refractivity contribution in [2.24, 2.45) is 5.73 Å². The lowest BCUT2D eigenvalue weighted by molar-refractivity contribution is 0.0986. The second-order valence-corrected chi connectivity index (χ2v) is 8.41. The van der Waals surface area contributed by atoms with Gasteiger partial charge in [-0.15, -0.1) is 0 Å². The first-order valence-electron chi connectivity index (χ1n) is 11.4. The van der Waals surface area contributed by atoms with E-state index in [0.717, 1.165) is 36.4 Å². The number of carbonyl (C=O) groups is 1. The van der Waals surface area contributed by atoms with Crippen LogP contribution in [0, 0.1) is 0 Å². The molecule has 1 atom stereocenters. The third-order valence-electron chi connectivity index (χ3n) is 6.22. The molecule has 2 fully saturated rings. The minimum absolute atomic E-state index is 0.184. The maximum Gasteiger partial charge on any atom is 0.252 e. The first-order valence-corrected chi connectivity index (χ1v) is 11.4. The molecule has 1 aromatic carbocycles. The van der Waals surface area contributed by atoms with E-state index in [0.29, 0.717) is 55.0 Å². The fourth-order valence-electron chi connectivity index (χ4n) is 4.37. The summed E-state index contributed by atoms with van der Waals surface area (Å²) in [4.78, 5) is 31.0. The van der Waals surface area contributed by atoms with Gasteiger partial charge in [-0.3, -0.25) is 4.79 Å². The third kappa shape index (κ3) is 4.22. The Morgan fingerprint density at radius 2 is 1.85 bits per heavy atom. The summed E-state index contributed by atoms with van der Waals surface area (Å²) < 4.78 is 16.4. The normalized spacial score (nSPS) is 18.8. The monoisotopic (exact) mass is 464 g/mol. The summed E-state index contributed by atoms with van der Waals surface area (Å²) in [6.45, 7) is 6.90. The number of anilines is 2. The van der Waals surface area contributed by atoms with Crippen LogP contribution in [0.1, 0.15) is 17.3 Å². The SMILES string of the molecule is COc1ccc(-c2ccc3c(N4CCOCC4C)nc(N4CCOCC4)nc3n2)cc1C(N)=O. The summed E-state index contributed by atoms with van der Waals surface area (Å²) in [5.74, 6) is 1.37. The third-order valence-corrected chi connectivity index (χ3v) is 6.22. The minimum Gasteiger partial charge on any atom is -0.496 e. The van der Waals surface area contributed by atoms with Crippen LogP contribution in [0.4, 0.5) is 11.8 Å². The molecular formula is C24H28N6O4. The van der Waals surface area contributed by atoms with Crippen LogP contribution in [-0.2, 0) is 9.47 Å². The molecule has 0 aliphatic carbocycles. The highest BCUT2D eigenvalue weighted by Crippen LogP contribution is 2.32. The Morgan fingerprint density at radius 1 is 1.06 bits per heavy atom. The highest BCUT2D eigenvalue weighted by Gasteiger charge is 2.25. The highest BCUT2D eigenvalue weighted by atomic mass is 16.5. The van der Waals surface area contributed by atoms with Crippen LogP contribution in [-0.4, -0.2) is 80.1 Å². The number of methoxy groups -OCH3 is 1. The first-order chi connectivity index (χ1) is 16.5. The molecule has 2 aliphatic heterocycles. The van der Waals surface area contributed by atoms with Crippen LogP contribution < -0.4 is 20.3 Å². The summed E-state index contributed by atoms with van der Waals surface area (Å²) in [6, 6.07) is 9.37. The molecule has 0 bridgehead atoms. The lowest BCUT2D eigenvalue weighted by Gasteiger charge is -2.35. The number of amides is 1. The van der Waals surface area contributed by atoms with Gasteiger partial charge in [0.25, 0.3) is 5.91 Å². The van der Waals surface area contributed by atoms with Crippen LogP contribution in [0.3, 0.4) is 0 Å². The molecule has 34 heavy (non-hydrogen) atoms. The number of nitrogens with two attached hydrogens (primary N) is 1. The van der Waals surface area contributed by atoms with Crippen molar-refractivity contribution in [1.82, 2.24) is 15.0 Å². The molecule has 3 aromatic rings. The van der Waals surface area contributed by atoms with Gasteiger partial charge in [-0.2, -0.15) is 9.97 Å². The van der Waals surface area contributed by atoms with E-state index < -0.39 is 5.91 Å². The summed E-state index contributed by atoms with van der Waals surface area (Å²) in [6.07, 6.45) is 0. The van der Waals surface area contributed by atoms with E-state index in [1.165, 1.54) is 7.11 Å². The maximum absolute atomic E-state index is 11.9. The summed E-state index contributed by atoms with van der Waals surface area (Å²) in [5.41, 5.74) is 7.90. The average molecular weight is 465 g/mol. The number of hydrogen-bond donors (Lipinski definition) is 1. The van der Waals surface area contributed by atoms with Gasteiger partial charge in [0.15, 0.2) is 5.65 Å². The number of nitrogens with zero attached hydrogens (tertiary/aromatic N) is 5. The van der Waals surface area contributed by atoms with Crippen molar-refractivity contribution in [2.45, 2.75) is 13.0 Å². The number of pyridine rings is 1. The molecule has 1 amide bonds. The Hall–Kier alpha value is -3.50. The predicted molar refractivity (Wildman–Crippen MR) is 128 cm³/mol. The number of aromatic nitrogens is 3. The zero-order valence-electron chi connectivity index (χ0n) is 19.4. The number of primary amides is 1. The van der Waals surface area contributed by atoms with Gasteiger partial charge in [-0.25, -0.2) is 4.98 Å². The van der Waals surface area contributed by atoms with Crippen molar-refractivity contribution in [3.63, 3.8) is 0 Å². The first kappa shape index (κ1) is 22.3. The Bertz CT molecular complexity index is 1210. The number of benzene rings is 1. The molecule has 2 aliphatic rings. The van der Waals surface area contributed by atoms with Gasteiger partial charge < -0.3 is 29.7 Å². The van der Waals surface area contributed by atoms with Gasteiger partial charge in [-0.05, 0) is 37.3 Å². The molecular weight excluding hydrogens is 436 g/mol. The molecule has 4 heterocycles. The van der Waals surface area contributed by atoms with E-state index in [-0.39, 0.29) is 6.04 Å². The van der Waals surface area contributed by atoms with Crippen LogP contribution in [0.15, 0.2) is 30.3 Å². The van der Waals surface area contributed by atoms with E-state index in [4.69, 9.17) is 34.9 Å². The summed E-state index contributed by atoms with van der Waals surface area (Å²) in [5, 5.41) is 0.873. The molecule has 10 heteroatoms. The molecule has 2 N–H and O–H groups in total. The lowest BCUT2D eigenvalue weighted by Crippen LogP contribution is -2.44. The minimum atomic E-state index is -0.556. The van der Waals surface area contributed by atoms with Crippen molar-refractivity contribution >= 4 is 28.7 Å². The number of rotatable bonds is 5. The molecule has 0 saturated carbocycles. The smallest absolute Gasteiger partial charge is 0.252 e. The maximum atomic E-state index is 11.9. The standard InChI is InChI=1S/C24H28N6O4/c1-15-14-34-12-9-30(15)23-17-4-5-19(16-3-6-20(32-2)18(13-16)21(25)31)26-22(17)27-24(28-23)29-7-10-33-11-8-29/h3-6,13,15H,7-12,14H2,1-2H3,(H2,25,31).